The molecule has 4 heteroatoms. The van der Waals surface area contributed by atoms with Crippen LogP contribution in [0.5, 0.6) is 0 Å². The van der Waals surface area contributed by atoms with Gasteiger partial charge in [0.2, 0.25) is 5.91 Å². The van der Waals surface area contributed by atoms with Crippen LogP contribution < -0.4 is 5.32 Å². The number of halogens is 1. The van der Waals surface area contributed by atoms with Gasteiger partial charge in [0.25, 0.3) is 0 Å². The molecule has 0 aliphatic carbocycles. The van der Waals surface area contributed by atoms with Gasteiger partial charge < -0.3 is 10.4 Å². The van der Waals surface area contributed by atoms with Crippen molar-refractivity contribution in [1.82, 2.24) is 5.32 Å². The first-order valence-corrected chi connectivity index (χ1v) is 5.05. The lowest BCUT2D eigenvalue weighted by Gasteiger charge is -1.99. The highest BCUT2D eigenvalue weighted by Gasteiger charge is 1.97. The zero-order valence-corrected chi connectivity index (χ0v) is 8.82. The van der Waals surface area contributed by atoms with E-state index in [1.807, 2.05) is 0 Å². The van der Waals surface area contributed by atoms with Crippen molar-refractivity contribution in [3.8, 4) is 0 Å². The summed E-state index contributed by atoms with van der Waals surface area (Å²) in [5.41, 5.74) is 0.375. The van der Waals surface area contributed by atoms with Crippen LogP contribution in [0.1, 0.15) is 12.0 Å². The molecule has 0 radical (unpaired) electrons. The van der Waals surface area contributed by atoms with Crippen LogP contribution in [0.3, 0.4) is 0 Å². The summed E-state index contributed by atoms with van der Waals surface area (Å²) in [6.45, 7) is 0.453. The number of rotatable bonds is 5. The molecule has 0 aliphatic rings. The molecule has 0 unspecified atom stereocenters. The van der Waals surface area contributed by atoms with Gasteiger partial charge in [-0.2, -0.15) is 0 Å². The van der Waals surface area contributed by atoms with Crippen molar-refractivity contribution in [2.45, 2.75) is 6.42 Å². The average molecular weight is 223 g/mol. The molecular weight excluding hydrogens is 209 g/mol. The molecule has 16 heavy (non-hydrogen) atoms. The van der Waals surface area contributed by atoms with E-state index in [1.165, 1.54) is 18.2 Å². The number of amides is 1. The van der Waals surface area contributed by atoms with Crippen molar-refractivity contribution in [2.24, 2.45) is 0 Å². The van der Waals surface area contributed by atoms with E-state index in [0.717, 1.165) is 0 Å². The van der Waals surface area contributed by atoms with Crippen molar-refractivity contribution in [2.75, 3.05) is 13.2 Å². The van der Waals surface area contributed by atoms with E-state index in [-0.39, 0.29) is 18.3 Å². The lowest BCUT2D eigenvalue weighted by atomic mass is 10.2. The van der Waals surface area contributed by atoms with Gasteiger partial charge in [-0.05, 0) is 18.6 Å². The van der Waals surface area contributed by atoms with E-state index < -0.39 is 0 Å². The van der Waals surface area contributed by atoms with Crippen molar-refractivity contribution in [3.63, 3.8) is 0 Å². The highest BCUT2D eigenvalue weighted by atomic mass is 19.1. The Bertz CT molecular complexity index is 377. The molecule has 1 aromatic rings. The first-order valence-electron chi connectivity index (χ1n) is 5.05. The Morgan fingerprint density at radius 2 is 2.19 bits per heavy atom. The third-order valence-electron chi connectivity index (χ3n) is 1.95. The number of carbonyl (C=O) groups excluding carboxylic acids is 1. The molecule has 0 aromatic heterocycles. The average Bonchev–Trinajstić information content (AvgIpc) is 2.28. The highest BCUT2D eigenvalue weighted by Crippen LogP contribution is 2.07. The predicted molar refractivity (Wildman–Crippen MR) is 60.1 cm³/mol. The Morgan fingerprint density at radius 3 is 2.88 bits per heavy atom. The van der Waals surface area contributed by atoms with E-state index in [0.29, 0.717) is 18.5 Å². The second kappa shape index (κ2) is 6.74. The Balaban J connectivity index is 2.47. The number of hydrogen-bond acceptors (Lipinski definition) is 2. The highest BCUT2D eigenvalue weighted by molar-refractivity contribution is 5.91. The lowest BCUT2D eigenvalue weighted by molar-refractivity contribution is -0.116. The van der Waals surface area contributed by atoms with Gasteiger partial charge in [-0.25, -0.2) is 4.39 Å². The van der Waals surface area contributed by atoms with Crippen molar-refractivity contribution >= 4 is 12.0 Å². The first-order chi connectivity index (χ1) is 7.74. The molecule has 0 fully saturated rings. The van der Waals surface area contributed by atoms with Gasteiger partial charge >= 0.3 is 0 Å². The molecule has 0 atom stereocenters. The molecule has 0 saturated carbocycles. The minimum Gasteiger partial charge on any atom is -0.396 e. The molecule has 0 bridgehead atoms. The Kier molecular flexibility index (Phi) is 5.22. The van der Waals surface area contributed by atoms with E-state index in [4.69, 9.17) is 5.11 Å². The van der Waals surface area contributed by atoms with Crippen molar-refractivity contribution in [1.29, 1.82) is 0 Å². The summed E-state index contributed by atoms with van der Waals surface area (Å²) in [5.74, 6) is -0.654. The van der Waals surface area contributed by atoms with E-state index in [9.17, 15) is 9.18 Å². The van der Waals surface area contributed by atoms with E-state index in [2.05, 4.69) is 5.32 Å². The topological polar surface area (TPSA) is 49.3 Å². The van der Waals surface area contributed by atoms with Gasteiger partial charge in [-0.1, -0.05) is 18.2 Å². The van der Waals surface area contributed by atoms with Crippen molar-refractivity contribution < 1.29 is 14.3 Å². The van der Waals surface area contributed by atoms with Crippen LogP contribution in [0.2, 0.25) is 0 Å². The Labute approximate surface area is 93.6 Å². The summed E-state index contributed by atoms with van der Waals surface area (Å²) in [6, 6.07) is 6.22. The number of carbonyl (C=O) groups is 1. The lowest BCUT2D eigenvalue weighted by Crippen LogP contribution is -2.22. The molecule has 1 rings (SSSR count). The van der Waals surface area contributed by atoms with Gasteiger partial charge in [0.1, 0.15) is 5.82 Å². The number of nitrogens with one attached hydrogen (secondary N) is 1. The van der Waals surface area contributed by atoms with Crippen LogP contribution in [0.25, 0.3) is 6.08 Å². The molecular formula is C12H14FNO2. The Hall–Kier alpha value is -1.68. The Morgan fingerprint density at radius 1 is 1.44 bits per heavy atom. The molecule has 0 aliphatic heterocycles. The smallest absolute Gasteiger partial charge is 0.244 e. The first kappa shape index (κ1) is 12.4. The third-order valence-corrected chi connectivity index (χ3v) is 1.95. The fourth-order valence-electron chi connectivity index (χ4n) is 1.13. The molecule has 0 saturated heterocycles. The largest absolute Gasteiger partial charge is 0.396 e. The van der Waals surface area contributed by atoms with Gasteiger partial charge in [0, 0.05) is 24.8 Å². The zero-order chi connectivity index (χ0) is 11.8. The van der Waals surface area contributed by atoms with Gasteiger partial charge in [-0.3, -0.25) is 4.79 Å². The fourth-order valence-corrected chi connectivity index (χ4v) is 1.13. The number of benzene rings is 1. The molecule has 0 spiro atoms. The second-order valence-electron chi connectivity index (χ2n) is 3.22. The van der Waals surface area contributed by atoms with Crippen LogP contribution in [0.4, 0.5) is 4.39 Å². The molecule has 86 valence electrons. The molecule has 0 heterocycles. The van der Waals surface area contributed by atoms with Gasteiger partial charge in [0.15, 0.2) is 0 Å². The number of aliphatic hydroxyl groups is 1. The maximum atomic E-state index is 13.1. The summed E-state index contributed by atoms with van der Waals surface area (Å²) in [7, 11) is 0. The maximum absolute atomic E-state index is 13.1. The second-order valence-corrected chi connectivity index (χ2v) is 3.22. The monoisotopic (exact) mass is 223 g/mol. The predicted octanol–water partition coefficient (Wildman–Crippen LogP) is 1.34. The molecule has 3 nitrogen and oxygen atoms in total. The van der Waals surface area contributed by atoms with Crippen LogP contribution in [0.15, 0.2) is 30.3 Å². The molecule has 1 amide bonds. The number of aliphatic hydroxyl groups excluding tert-OH is 1. The van der Waals surface area contributed by atoms with E-state index >= 15 is 0 Å². The minimum atomic E-state index is -0.359. The summed E-state index contributed by atoms with van der Waals surface area (Å²) in [5, 5.41) is 11.1. The summed E-state index contributed by atoms with van der Waals surface area (Å²) < 4.78 is 13.1. The van der Waals surface area contributed by atoms with Crippen LogP contribution in [-0.4, -0.2) is 24.2 Å². The third kappa shape index (κ3) is 4.23. The quantitative estimate of drug-likeness (QED) is 0.584. The molecule has 1 aromatic carbocycles. The minimum absolute atomic E-state index is 0.0390. The summed E-state index contributed by atoms with van der Waals surface area (Å²) in [6.07, 6.45) is 3.21. The van der Waals surface area contributed by atoms with Gasteiger partial charge in [-0.15, -0.1) is 0 Å². The van der Waals surface area contributed by atoms with Crippen LogP contribution >= 0.6 is 0 Å². The SMILES string of the molecule is O=C(/C=C/c1ccccc1F)NCCCO. The van der Waals surface area contributed by atoms with Crippen LogP contribution in [0, 0.1) is 5.82 Å². The van der Waals surface area contributed by atoms with Crippen LogP contribution in [-0.2, 0) is 4.79 Å². The van der Waals surface area contributed by atoms with E-state index in [1.54, 1.807) is 18.2 Å². The summed E-state index contributed by atoms with van der Waals surface area (Å²) >= 11 is 0. The maximum Gasteiger partial charge on any atom is 0.244 e. The molecule has 2 N–H and O–H groups in total. The standard InChI is InChI=1S/C12H14FNO2/c13-11-5-2-1-4-10(11)6-7-12(16)14-8-3-9-15/h1-2,4-7,15H,3,8-9H2,(H,14,16)/b7-6+. The van der Waals surface area contributed by atoms with Gasteiger partial charge in [0.05, 0.1) is 0 Å². The normalized spacial score (nSPS) is 10.6. The zero-order valence-electron chi connectivity index (χ0n) is 8.82. The number of hydrogen-bond donors (Lipinski definition) is 2. The van der Waals surface area contributed by atoms with Crippen molar-refractivity contribution in [3.05, 3.63) is 41.7 Å². The fraction of sp³-hybridized carbons (Fsp3) is 0.250. The summed E-state index contributed by atoms with van der Waals surface area (Å²) in [4.78, 5) is 11.2.